The van der Waals surface area contributed by atoms with Gasteiger partial charge in [-0.1, -0.05) is 32.6 Å². The minimum atomic E-state index is -0.160. The second kappa shape index (κ2) is 8.09. The van der Waals surface area contributed by atoms with Crippen molar-refractivity contribution in [1.29, 1.82) is 0 Å². The summed E-state index contributed by atoms with van der Waals surface area (Å²) in [6, 6.07) is 0.291. The molecule has 2 N–H and O–H groups in total. The third kappa shape index (κ3) is 6.29. The fraction of sp³-hybridized carbons (Fsp3) is 0.846. The van der Waals surface area contributed by atoms with Crippen LogP contribution < -0.4 is 10.6 Å². The van der Waals surface area contributed by atoms with Crippen LogP contribution in [0.3, 0.4) is 0 Å². The molecule has 0 unspecified atom stereocenters. The predicted octanol–water partition coefficient (Wildman–Crippen LogP) is 1.74. The molecule has 0 saturated heterocycles. The molecule has 4 nitrogen and oxygen atoms in total. The summed E-state index contributed by atoms with van der Waals surface area (Å²) in [6.07, 6.45) is 7.75. The van der Waals surface area contributed by atoms with Gasteiger partial charge < -0.3 is 10.6 Å². The summed E-state index contributed by atoms with van der Waals surface area (Å²) in [7, 11) is 0. The maximum Gasteiger partial charge on any atom is 0.229 e. The van der Waals surface area contributed by atoms with Crippen molar-refractivity contribution >= 4 is 11.8 Å². The number of nitrogens with one attached hydrogen (secondary N) is 2. The summed E-state index contributed by atoms with van der Waals surface area (Å²) in [5.74, 6) is -0.294. The number of rotatable bonds is 6. The van der Waals surface area contributed by atoms with Crippen LogP contribution in [-0.4, -0.2) is 24.4 Å². The van der Waals surface area contributed by atoms with Gasteiger partial charge >= 0.3 is 0 Å². The maximum atomic E-state index is 11.6. The lowest BCUT2D eigenvalue weighted by Gasteiger charge is -2.22. The molecule has 1 aliphatic rings. The molecule has 0 spiro atoms. The number of carbonyl (C=O) groups is 2. The zero-order valence-corrected chi connectivity index (χ0v) is 10.8. The molecule has 98 valence electrons. The van der Waals surface area contributed by atoms with Crippen LogP contribution in [0.4, 0.5) is 0 Å². The third-order valence-electron chi connectivity index (χ3n) is 3.14. The van der Waals surface area contributed by atoms with Crippen molar-refractivity contribution in [3.05, 3.63) is 0 Å². The van der Waals surface area contributed by atoms with Gasteiger partial charge in [0.2, 0.25) is 11.8 Å². The molecule has 0 bridgehead atoms. The number of hydrogen-bond acceptors (Lipinski definition) is 2. The van der Waals surface area contributed by atoms with E-state index in [1.165, 1.54) is 19.3 Å². The molecule has 0 radical (unpaired) electrons. The van der Waals surface area contributed by atoms with E-state index in [1.54, 1.807) is 0 Å². The summed E-state index contributed by atoms with van der Waals surface area (Å²) in [6.45, 7) is 2.74. The van der Waals surface area contributed by atoms with Crippen molar-refractivity contribution in [1.82, 2.24) is 10.6 Å². The molecule has 2 amide bonds. The standard InChI is InChI=1S/C13H24N2O2/c1-2-3-9-14-12(16)10-13(17)15-11-7-5-4-6-8-11/h11H,2-10H2,1H3,(H,14,16)(H,15,17). The van der Waals surface area contributed by atoms with Crippen molar-refractivity contribution < 1.29 is 9.59 Å². The van der Waals surface area contributed by atoms with Gasteiger partial charge in [-0.15, -0.1) is 0 Å². The molecule has 17 heavy (non-hydrogen) atoms. The highest BCUT2D eigenvalue weighted by atomic mass is 16.2. The molecule has 0 heterocycles. The molecule has 0 aromatic rings. The van der Waals surface area contributed by atoms with E-state index in [4.69, 9.17) is 0 Å². The largest absolute Gasteiger partial charge is 0.356 e. The molecular formula is C13H24N2O2. The summed E-state index contributed by atoms with van der Waals surface area (Å²) >= 11 is 0. The predicted molar refractivity (Wildman–Crippen MR) is 67.6 cm³/mol. The van der Waals surface area contributed by atoms with E-state index in [2.05, 4.69) is 17.6 Å². The first-order chi connectivity index (χ1) is 8.22. The molecule has 1 rings (SSSR count). The van der Waals surface area contributed by atoms with Gasteiger partial charge in [0, 0.05) is 12.6 Å². The van der Waals surface area contributed by atoms with Crippen LogP contribution in [0.2, 0.25) is 0 Å². The van der Waals surface area contributed by atoms with Crippen molar-refractivity contribution in [3.8, 4) is 0 Å². The van der Waals surface area contributed by atoms with Gasteiger partial charge in [-0.05, 0) is 19.3 Å². The molecule has 1 saturated carbocycles. The number of unbranched alkanes of at least 4 members (excludes halogenated alkanes) is 1. The van der Waals surface area contributed by atoms with Gasteiger partial charge in [0.05, 0.1) is 0 Å². The van der Waals surface area contributed by atoms with E-state index in [0.29, 0.717) is 12.6 Å². The summed E-state index contributed by atoms with van der Waals surface area (Å²) < 4.78 is 0. The quantitative estimate of drug-likeness (QED) is 0.549. The first-order valence-corrected chi connectivity index (χ1v) is 6.78. The molecule has 0 atom stereocenters. The monoisotopic (exact) mass is 240 g/mol. The Morgan fingerprint density at radius 1 is 1.12 bits per heavy atom. The highest BCUT2D eigenvalue weighted by Gasteiger charge is 2.17. The van der Waals surface area contributed by atoms with Gasteiger partial charge in [-0.25, -0.2) is 0 Å². The van der Waals surface area contributed by atoms with Gasteiger partial charge in [-0.3, -0.25) is 9.59 Å². The Bertz CT molecular complexity index is 248. The third-order valence-corrected chi connectivity index (χ3v) is 3.14. The van der Waals surface area contributed by atoms with E-state index >= 15 is 0 Å². The second-order valence-corrected chi connectivity index (χ2v) is 4.78. The lowest BCUT2D eigenvalue weighted by molar-refractivity contribution is -0.129. The van der Waals surface area contributed by atoms with E-state index in [-0.39, 0.29) is 18.2 Å². The molecule has 1 aliphatic carbocycles. The van der Waals surface area contributed by atoms with Gasteiger partial charge in [0.15, 0.2) is 0 Å². The van der Waals surface area contributed by atoms with E-state index < -0.39 is 0 Å². The fourth-order valence-electron chi connectivity index (χ4n) is 2.14. The van der Waals surface area contributed by atoms with Crippen molar-refractivity contribution in [2.45, 2.75) is 64.3 Å². The van der Waals surface area contributed by atoms with Crippen LogP contribution in [0.5, 0.6) is 0 Å². The van der Waals surface area contributed by atoms with Crippen molar-refractivity contribution in [2.24, 2.45) is 0 Å². The fourth-order valence-corrected chi connectivity index (χ4v) is 2.14. The van der Waals surface area contributed by atoms with E-state index in [0.717, 1.165) is 25.7 Å². The van der Waals surface area contributed by atoms with Crippen molar-refractivity contribution in [2.75, 3.05) is 6.54 Å². The molecule has 0 aromatic carbocycles. The second-order valence-electron chi connectivity index (χ2n) is 4.78. The van der Waals surface area contributed by atoms with Crippen LogP contribution in [0.1, 0.15) is 58.3 Å². The minimum absolute atomic E-state index is 0.0276. The van der Waals surface area contributed by atoms with E-state index in [9.17, 15) is 9.59 Å². The van der Waals surface area contributed by atoms with Crippen LogP contribution in [-0.2, 0) is 9.59 Å². The Morgan fingerprint density at radius 2 is 1.82 bits per heavy atom. The minimum Gasteiger partial charge on any atom is -0.356 e. The smallest absolute Gasteiger partial charge is 0.229 e. The highest BCUT2D eigenvalue weighted by molar-refractivity contribution is 5.96. The Labute approximate surface area is 104 Å². The summed E-state index contributed by atoms with van der Waals surface area (Å²) in [5.41, 5.74) is 0. The van der Waals surface area contributed by atoms with Gasteiger partial charge in [-0.2, -0.15) is 0 Å². The maximum absolute atomic E-state index is 11.6. The summed E-state index contributed by atoms with van der Waals surface area (Å²) in [5, 5.41) is 5.69. The average Bonchev–Trinajstić information content (AvgIpc) is 2.30. The molecular weight excluding hydrogens is 216 g/mol. The Kier molecular flexibility index (Phi) is 6.67. The summed E-state index contributed by atoms with van der Waals surface area (Å²) in [4.78, 5) is 23.0. The first-order valence-electron chi connectivity index (χ1n) is 6.78. The molecule has 0 aromatic heterocycles. The molecule has 4 heteroatoms. The Hall–Kier alpha value is -1.06. The highest BCUT2D eigenvalue weighted by Crippen LogP contribution is 2.17. The first kappa shape index (κ1) is 14.0. The van der Waals surface area contributed by atoms with Crippen LogP contribution in [0.15, 0.2) is 0 Å². The molecule has 0 aliphatic heterocycles. The van der Waals surface area contributed by atoms with Crippen LogP contribution >= 0.6 is 0 Å². The van der Waals surface area contributed by atoms with Crippen molar-refractivity contribution in [3.63, 3.8) is 0 Å². The van der Waals surface area contributed by atoms with E-state index in [1.807, 2.05) is 0 Å². The van der Waals surface area contributed by atoms with Gasteiger partial charge in [0.25, 0.3) is 0 Å². The number of hydrogen-bond donors (Lipinski definition) is 2. The SMILES string of the molecule is CCCCNC(=O)CC(=O)NC1CCCCC1. The van der Waals surface area contributed by atoms with Gasteiger partial charge in [0.1, 0.15) is 6.42 Å². The lowest BCUT2D eigenvalue weighted by Crippen LogP contribution is -2.39. The zero-order valence-electron chi connectivity index (χ0n) is 10.8. The number of carbonyl (C=O) groups excluding carboxylic acids is 2. The average molecular weight is 240 g/mol. The zero-order chi connectivity index (χ0) is 12.5. The van der Waals surface area contributed by atoms with Crippen LogP contribution in [0, 0.1) is 0 Å². The van der Waals surface area contributed by atoms with Crippen LogP contribution in [0.25, 0.3) is 0 Å². The number of amides is 2. The Balaban J connectivity index is 2.12. The molecule has 1 fully saturated rings. The lowest BCUT2D eigenvalue weighted by atomic mass is 9.95. The Morgan fingerprint density at radius 3 is 2.47 bits per heavy atom. The topological polar surface area (TPSA) is 58.2 Å². The normalized spacial score (nSPS) is 16.5.